The quantitative estimate of drug-likeness (QED) is 0.801. The van der Waals surface area contributed by atoms with Gasteiger partial charge in [-0.3, -0.25) is 4.79 Å². The van der Waals surface area contributed by atoms with Crippen molar-refractivity contribution in [2.24, 2.45) is 0 Å². The number of carbonyl (C=O) groups is 1. The van der Waals surface area contributed by atoms with Gasteiger partial charge in [0.2, 0.25) is 5.43 Å². The summed E-state index contributed by atoms with van der Waals surface area (Å²) in [5.41, 5.74) is -1.69. The molecule has 122 valence electrons. The highest BCUT2D eigenvalue weighted by atomic mass is 19.1. The van der Waals surface area contributed by atoms with Crippen LogP contribution in [-0.2, 0) is 6.54 Å². The Labute approximate surface area is 133 Å². The van der Waals surface area contributed by atoms with E-state index >= 15 is 0 Å². The van der Waals surface area contributed by atoms with Gasteiger partial charge in [0.1, 0.15) is 23.0 Å². The maximum absolute atomic E-state index is 14.2. The molecule has 0 spiro atoms. The Hall–Kier alpha value is -3.09. The van der Waals surface area contributed by atoms with Gasteiger partial charge >= 0.3 is 5.97 Å². The molecular formula is C17H10F3NO3. The van der Waals surface area contributed by atoms with Gasteiger partial charge in [0.05, 0.1) is 12.1 Å². The van der Waals surface area contributed by atoms with E-state index in [1.54, 1.807) is 0 Å². The molecule has 0 fully saturated rings. The lowest BCUT2D eigenvalue weighted by Gasteiger charge is -2.13. The maximum Gasteiger partial charge on any atom is 0.341 e. The molecule has 1 N–H and O–H groups in total. The zero-order chi connectivity index (χ0) is 17.4. The van der Waals surface area contributed by atoms with Gasteiger partial charge in [0.15, 0.2) is 0 Å². The first kappa shape index (κ1) is 15.8. The van der Waals surface area contributed by atoms with Gasteiger partial charge in [-0.2, -0.15) is 0 Å². The first-order chi connectivity index (χ1) is 11.4. The molecule has 0 saturated carbocycles. The van der Waals surface area contributed by atoms with Gasteiger partial charge in [-0.05, 0) is 30.3 Å². The Balaban J connectivity index is 2.30. The summed E-state index contributed by atoms with van der Waals surface area (Å²) in [5.74, 6) is -3.66. The number of hydrogen-bond acceptors (Lipinski definition) is 2. The summed E-state index contributed by atoms with van der Waals surface area (Å²) in [6.07, 6.45) is 0.931. The number of aromatic carboxylic acids is 1. The molecule has 0 saturated heterocycles. The number of carboxylic acids is 1. The van der Waals surface area contributed by atoms with Gasteiger partial charge in [-0.25, -0.2) is 18.0 Å². The number of aromatic nitrogens is 1. The van der Waals surface area contributed by atoms with Gasteiger partial charge in [0.25, 0.3) is 0 Å². The monoisotopic (exact) mass is 333 g/mol. The van der Waals surface area contributed by atoms with Crippen molar-refractivity contribution >= 4 is 16.9 Å². The van der Waals surface area contributed by atoms with Crippen LogP contribution in [0.25, 0.3) is 10.9 Å². The van der Waals surface area contributed by atoms with Crippen molar-refractivity contribution in [1.29, 1.82) is 0 Å². The molecule has 1 aromatic heterocycles. The summed E-state index contributed by atoms with van der Waals surface area (Å²) in [7, 11) is 0. The number of nitrogens with zero attached hydrogens (tertiary/aromatic N) is 1. The van der Waals surface area contributed by atoms with E-state index in [1.165, 1.54) is 12.1 Å². The lowest BCUT2D eigenvalue weighted by atomic mass is 10.1. The van der Waals surface area contributed by atoms with Crippen molar-refractivity contribution in [3.63, 3.8) is 0 Å². The molecule has 0 aliphatic heterocycles. The molecule has 2 aromatic carbocycles. The number of halogens is 3. The number of pyridine rings is 1. The molecule has 3 aromatic rings. The van der Waals surface area contributed by atoms with E-state index in [4.69, 9.17) is 5.11 Å². The Morgan fingerprint density at radius 2 is 1.83 bits per heavy atom. The third-order valence-electron chi connectivity index (χ3n) is 3.63. The van der Waals surface area contributed by atoms with E-state index in [0.717, 1.165) is 35.0 Å². The van der Waals surface area contributed by atoms with E-state index in [-0.39, 0.29) is 23.0 Å². The minimum absolute atomic E-state index is 0.0976. The number of fused-ring (bicyclic) bond motifs is 1. The van der Waals surface area contributed by atoms with E-state index in [1.807, 2.05) is 0 Å². The van der Waals surface area contributed by atoms with E-state index < -0.39 is 34.4 Å². The molecule has 24 heavy (non-hydrogen) atoms. The minimum Gasteiger partial charge on any atom is -0.477 e. The minimum atomic E-state index is -1.49. The largest absolute Gasteiger partial charge is 0.477 e. The summed E-state index contributed by atoms with van der Waals surface area (Å²) in [6, 6.07) is 6.44. The average Bonchev–Trinajstić information content (AvgIpc) is 2.53. The lowest BCUT2D eigenvalue weighted by molar-refractivity contribution is 0.0695. The van der Waals surface area contributed by atoms with Crippen LogP contribution in [0.2, 0.25) is 0 Å². The molecule has 0 bridgehead atoms. The first-order valence-corrected chi connectivity index (χ1v) is 6.87. The molecule has 1 heterocycles. The highest BCUT2D eigenvalue weighted by Crippen LogP contribution is 2.19. The molecule has 3 rings (SSSR count). The molecule has 0 aliphatic carbocycles. The van der Waals surface area contributed by atoms with Crippen molar-refractivity contribution in [1.82, 2.24) is 4.57 Å². The van der Waals surface area contributed by atoms with Crippen molar-refractivity contribution in [3.8, 4) is 0 Å². The van der Waals surface area contributed by atoms with E-state index in [2.05, 4.69) is 0 Å². The molecule has 0 unspecified atom stereocenters. The topological polar surface area (TPSA) is 59.3 Å². The third kappa shape index (κ3) is 2.64. The predicted molar refractivity (Wildman–Crippen MR) is 80.6 cm³/mol. The zero-order valence-corrected chi connectivity index (χ0v) is 12.1. The Kier molecular flexibility index (Phi) is 3.84. The fraction of sp³-hybridized carbons (Fsp3) is 0.0588. The number of benzene rings is 2. The number of hydrogen-bond donors (Lipinski definition) is 1. The highest BCUT2D eigenvalue weighted by molar-refractivity contribution is 5.92. The zero-order valence-electron chi connectivity index (χ0n) is 12.1. The smallest absolute Gasteiger partial charge is 0.341 e. The van der Waals surface area contributed by atoms with Crippen LogP contribution in [0.5, 0.6) is 0 Å². The SMILES string of the molecule is O=C(O)c1cn(Cc2cc(F)ccc2F)c2c(F)cccc2c1=O. The molecular weight excluding hydrogens is 323 g/mol. The second-order valence-electron chi connectivity index (χ2n) is 5.18. The van der Waals surface area contributed by atoms with Crippen LogP contribution in [0.1, 0.15) is 15.9 Å². The maximum atomic E-state index is 14.2. The van der Waals surface area contributed by atoms with Crippen molar-refractivity contribution < 1.29 is 23.1 Å². The van der Waals surface area contributed by atoms with Crippen LogP contribution < -0.4 is 5.43 Å². The predicted octanol–water partition coefficient (Wildman–Crippen LogP) is 3.17. The van der Waals surface area contributed by atoms with E-state index in [0.29, 0.717) is 0 Å². The summed E-state index contributed by atoms with van der Waals surface area (Å²) in [5, 5.41) is 9.00. The molecule has 0 amide bonds. The van der Waals surface area contributed by atoms with Crippen LogP contribution in [-0.4, -0.2) is 15.6 Å². The second-order valence-corrected chi connectivity index (χ2v) is 5.18. The van der Waals surface area contributed by atoms with Crippen molar-refractivity contribution in [2.45, 2.75) is 6.54 Å². The number of carboxylic acid groups (broad SMARTS) is 1. The van der Waals surface area contributed by atoms with Crippen LogP contribution >= 0.6 is 0 Å². The average molecular weight is 333 g/mol. The van der Waals surface area contributed by atoms with Crippen LogP contribution in [0.15, 0.2) is 47.4 Å². The standard InChI is InChI=1S/C17H10F3NO3/c18-10-4-5-13(19)9(6-10)7-21-8-12(17(23)24)16(22)11-2-1-3-14(20)15(11)21/h1-6,8H,7H2,(H,23,24). The van der Waals surface area contributed by atoms with Crippen molar-refractivity contribution in [3.05, 3.63) is 81.4 Å². The summed E-state index contributed by atoms with van der Waals surface area (Å²) >= 11 is 0. The summed E-state index contributed by atoms with van der Waals surface area (Å²) in [6.45, 7) is -0.332. The van der Waals surface area contributed by atoms with Crippen molar-refractivity contribution in [2.75, 3.05) is 0 Å². The molecule has 0 radical (unpaired) electrons. The Morgan fingerprint density at radius 1 is 1.08 bits per heavy atom. The first-order valence-electron chi connectivity index (χ1n) is 6.87. The van der Waals surface area contributed by atoms with Crippen LogP contribution in [0, 0.1) is 17.5 Å². The normalized spacial score (nSPS) is 11.0. The Morgan fingerprint density at radius 3 is 2.54 bits per heavy atom. The fourth-order valence-electron chi connectivity index (χ4n) is 2.54. The molecule has 0 atom stereocenters. The van der Waals surface area contributed by atoms with Crippen LogP contribution in [0.3, 0.4) is 0 Å². The molecule has 7 heteroatoms. The van der Waals surface area contributed by atoms with Gasteiger partial charge < -0.3 is 9.67 Å². The lowest BCUT2D eigenvalue weighted by Crippen LogP contribution is -2.20. The second kappa shape index (κ2) is 5.84. The van der Waals surface area contributed by atoms with Gasteiger partial charge in [-0.15, -0.1) is 0 Å². The summed E-state index contributed by atoms with van der Waals surface area (Å²) < 4.78 is 42.4. The van der Waals surface area contributed by atoms with Gasteiger partial charge in [-0.1, -0.05) is 6.07 Å². The molecule has 4 nitrogen and oxygen atoms in total. The number of para-hydroxylation sites is 1. The number of rotatable bonds is 3. The Bertz CT molecular complexity index is 1030. The highest BCUT2D eigenvalue weighted by Gasteiger charge is 2.17. The third-order valence-corrected chi connectivity index (χ3v) is 3.63. The summed E-state index contributed by atoms with van der Waals surface area (Å²) in [4.78, 5) is 23.4. The fourth-order valence-corrected chi connectivity index (χ4v) is 2.54. The van der Waals surface area contributed by atoms with Gasteiger partial charge in [0, 0.05) is 17.1 Å². The molecule has 0 aliphatic rings. The van der Waals surface area contributed by atoms with E-state index in [9.17, 15) is 22.8 Å². The van der Waals surface area contributed by atoms with Crippen LogP contribution in [0.4, 0.5) is 13.2 Å².